The Hall–Kier alpha value is -0.00610. The number of Topliss-reactive ketones (excluding diaryl/α,β-unsaturated/α-hetero) is 1. The third-order valence-electron chi connectivity index (χ3n) is 1.52. The van der Waals surface area contributed by atoms with Crippen molar-refractivity contribution in [3.8, 4) is 0 Å². The molecule has 0 bridgehead atoms. The molecule has 1 radical (unpaired) electrons. The molecule has 0 saturated carbocycles. The second-order valence-corrected chi connectivity index (χ2v) is 2.37. The van der Waals surface area contributed by atoms with E-state index in [0.717, 1.165) is 11.1 Å². The molecule has 1 aromatic carbocycles. The molecule has 0 aromatic heterocycles. The van der Waals surface area contributed by atoms with Crippen molar-refractivity contribution in [1.82, 2.24) is 0 Å². The van der Waals surface area contributed by atoms with Gasteiger partial charge in [-0.2, -0.15) is 0 Å². The Bertz CT molecular complexity index is 256. The molecule has 1 aromatic rings. The number of hydrogen-bond donors (Lipinski definition) is 0. The van der Waals surface area contributed by atoms with Crippen molar-refractivity contribution in [2.24, 2.45) is 0 Å². The molecule has 0 amide bonds. The van der Waals surface area contributed by atoms with Gasteiger partial charge < -0.3 is 7.43 Å². The fourth-order valence-corrected chi connectivity index (χ4v) is 0.968. The summed E-state index contributed by atoms with van der Waals surface area (Å²) in [5, 5.41) is 0. The molecular weight excluding hydrogens is 249 g/mol. The van der Waals surface area contributed by atoms with Crippen molar-refractivity contribution < 1.29 is 37.5 Å². The van der Waals surface area contributed by atoms with Crippen LogP contribution in [0.15, 0.2) is 24.3 Å². The number of ketones is 1. The van der Waals surface area contributed by atoms with Gasteiger partial charge in [0.05, 0.1) is 0 Å². The molecule has 0 fully saturated rings. The predicted octanol–water partition coefficient (Wildman–Crippen LogP) is 3.67. The van der Waals surface area contributed by atoms with Crippen LogP contribution in [-0.4, -0.2) is 5.78 Å². The van der Waals surface area contributed by atoms with Crippen LogP contribution in [0.4, 0.5) is 0 Å². The monoisotopic (exact) mass is 268 g/mol. The van der Waals surface area contributed by atoms with E-state index in [1.54, 1.807) is 6.92 Å². The minimum absolute atomic E-state index is 0. The Balaban J connectivity index is -0.000000284. The fourth-order valence-electron chi connectivity index (χ4n) is 0.968. The number of carbonyl (C=O) groups is 1. The third-order valence-corrected chi connectivity index (χ3v) is 1.52. The number of rotatable bonds is 1. The van der Waals surface area contributed by atoms with Crippen LogP contribution in [0.3, 0.4) is 0 Å². The average Bonchev–Trinajstić information content (AvgIpc) is 2.08. The van der Waals surface area contributed by atoms with Crippen LogP contribution < -0.4 is 0 Å². The smallest absolute Gasteiger partial charge is 0.160 e. The quantitative estimate of drug-likeness (QED) is 0.561. The van der Waals surface area contributed by atoms with Gasteiger partial charge in [-0.25, -0.2) is 0 Å². The van der Waals surface area contributed by atoms with Gasteiger partial charge in [-0.15, -0.1) is 0 Å². The van der Waals surface area contributed by atoms with Gasteiger partial charge in [-0.1, -0.05) is 38.1 Å². The van der Waals surface area contributed by atoms with E-state index in [-0.39, 0.29) is 45.9 Å². The van der Waals surface area contributed by atoms with Gasteiger partial charge in [0, 0.05) is 38.3 Å². The molecule has 0 atom stereocenters. The van der Waals surface area contributed by atoms with Crippen molar-refractivity contribution in [3.05, 3.63) is 42.8 Å². The Kier molecular flexibility index (Phi) is 15.5. The molecule has 1 rings (SSSR count). The zero-order valence-electron chi connectivity index (χ0n) is 9.79. The number of benzene rings is 1. The Morgan fingerprint density at radius 1 is 1.14 bits per heavy atom. The first-order chi connectivity index (χ1) is 5.72. The molecule has 0 heterocycles. The SMILES string of the molecule is CC.CC(=O)c1ccccc1C.[CH3-].[Y]. The van der Waals surface area contributed by atoms with Crippen molar-refractivity contribution in [3.63, 3.8) is 0 Å². The van der Waals surface area contributed by atoms with Gasteiger partial charge in [0.15, 0.2) is 5.78 Å². The van der Waals surface area contributed by atoms with Crippen molar-refractivity contribution >= 4 is 5.78 Å². The molecule has 2 heteroatoms. The van der Waals surface area contributed by atoms with E-state index in [2.05, 4.69) is 0 Å². The van der Waals surface area contributed by atoms with Crippen LogP contribution in [-0.2, 0) is 32.7 Å². The van der Waals surface area contributed by atoms with Crippen LogP contribution in [0, 0.1) is 14.4 Å². The first-order valence-corrected chi connectivity index (χ1v) is 4.28. The molecule has 0 N–H and O–H groups in total. The van der Waals surface area contributed by atoms with Crippen LogP contribution >= 0.6 is 0 Å². The summed E-state index contributed by atoms with van der Waals surface area (Å²) in [6.45, 7) is 7.53. The number of carbonyl (C=O) groups excluding carboxylic acids is 1. The fraction of sp³-hybridized carbons (Fsp3) is 0.333. The van der Waals surface area contributed by atoms with Gasteiger partial charge in [0.2, 0.25) is 0 Å². The summed E-state index contributed by atoms with van der Waals surface area (Å²) in [7, 11) is 0. The Morgan fingerprint density at radius 2 is 1.57 bits per heavy atom. The minimum atomic E-state index is 0. The average molecular weight is 268 g/mol. The van der Waals surface area contributed by atoms with E-state index in [1.807, 2.05) is 45.0 Å². The zero-order chi connectivity index (χ0) is 9.56. The standard InChI is InChI=1S/C9H10O.C2H6.CH3.Y/c1-7-5-3-4-6-9(7)8(2)10;1-2;;/h3-6H,1-2H3;1-2H3;1H3;/q;;-1;. The van der Waals surface area contributed by atoms with Crippen molar-refractivity contribution in [2.45, 2.75) is 27.7 Å². The molecule has 14 heavy (non-hydrogen) atoms. The Morgan fingerprint density at radius 3 is 1.86 bits per heavy atom. The van der Waals surface area contributed by atoms with E-state index < -0.39 is 0 Å². The van der Waals surface area contributed by atoms with Crippen LogP contribution in [0.25, 0.3) is 0 Å². The van der Waals surface area contributed by atoms with E-state index in [1.165, 1.54) is 0 Å². The summed E-state index contributed by atoms with van der Waals surface area (Å²) >= 11 is 0. The summed E-state index contributed by atoms with van der Waals surface area (Å²) in [6.07, 6.45) is 0. The maximum absolute atomic E-state index is 10.9. The molecule has 0 aliphatic heterocycles. The molecule has 0 unspecified atom stereocenters. The molecule has 0 spiro atoms. The molecular formula is C12H19OY-. The van der Waals surface area contributed by atoms with Gasteiger partial charge >= 0.3 is 0 Å². The summed E-state index contributed by atoms with van der Waals surface area (Å²) in [6, 6.07) is 7.60. The maximum atomic E-state index is 10.9. The second kappa shape index (κ2) is 11.1. The van der Waals surface area contributed by atoms with Crippen LogP contribution in [0.1, 0.15) is 36.7 Å². The van der Waals surface area contributed by atoms with Crippen molar-refractivity contribution in [1.29, 1.82) is 0 Å². The largest absolute Gasteiger partial charge is 0.358 e. The topological polar surface area (TPSA) is 17.1 Å². The van der Waals surface area contributed by atoms with Crippen LogP contribution in [0.5, 0.6) is 0 Å². The van der Waals surface area contributed by atoms with Crippen LogP contribution in [0.2, 0.25) is 0 Å². The third kappa shape index (κ3) is 6.45. The molecule has 1 nitrogen and oxygen atoms in total. The van der Waals surface area contributed by atoms with E-state index >= 15 is 0 Å². The minimum Gasteiger partial charge on any atom is -0.358 e. The first-order valence-electron chi connectivity index (χ1n) is 4.28. The summed E-state index contributed by atoms with van der Waals surface area (Å²) in [4.78, 5) is 10.9. The van der Waals surface area contributed by atoms with E-state index in [4.69, 9.17) is 0 Å². The van der Waals surface area contributed by atoms with Gasteiger partial charge in [-0.3, -0.25) is 4.79 Å². The van der Waals surface area contributed by atoms with Gasteiger partial charge in [-0.05, 0) is 19.4 Å². The number of aryl methyl sites for hydroxylation is 1. The summed E-state index contributed by atoms with van der Waals surface area (Å²) in [5.41, 5.74) is 1.87. The molecule has 77 valence electrons. The first kappa shape index (κ1) is 19.5. The molecule has 0 saturated heterocycles. The van der Waals surface area contributed by atoms with Gasteiger partial charge in [0.1, 0.15) is 0 Å². The normalized spacial score (nSPS) is 7.14. The van der Waals surface area contributed by atoms with E-state index in [9.17, 15) is 4.79 Å². The summed E-state index contributed by atoms with van der Waals surface area (Å²) in [5.74, 6) is 0.137. The zero-order valence-corrected chi connectivity index (χ0v) is 12.6. The van der Waals surface area contributed by atoms with E-state index in [0.29, 0.717) is 0 Å². The summed E-state index contributed by atoms with van der Waals surface area (Å²) < 4.78 is 0. The molecule has 0 aliphatic carbocycles. The second-order valence-electron chi connectivity index (χ2n) is 2.37. The molecule has 0 aliphatic rings. The maximum Gasteiger partial charge on any atom is 0.160 e. The van der Waals surface area contributed by atoms with Crippen molar-refractivity contribution in [2.75, 3.05) is 0 Å². The Labute approximate surface area is 113 Å². The van der Waals surface area contributed by atoms with Gasteiger partial charge in [0.25, 0.3) is 0 Å². The predicted molar refractivity (Wildman–Crippen MR) is 58.9 cm³/mol. The number of hydrogen-bond acceptors (Lipinski definition) is 1.